The van der Waals surface area contributed by atoms with E-state index in [4.69, 9.17) is 4.74 Å². The summed E-state index contributed by atoms with van der Waals surface area (Å²) in [5.41, 5.74) is 3.07. The molecule has 2 N–H and O–H groups in total. The first-order chi connectivity index (χ1) is 12.5. The van der Waals surface area contributed by atoms with Gasteiger partial charge in [0.2, 0.25) is 0 Å². The molecule has 4 rings (SSSR count). The minimum absolute atomic E-state index is 0.326. The van der Waals surface area contributed by atoms with Crippen LogP contribution in [0.4, 0.5) is 20.6 Å². The average molecular weight is 353 g/mol. The highest BCUT2D eigenvalue weighted by Crippen LogP contribution is 2.25. The lowest BCUT2D eigenvalue weighted by molar-refractivity contribution is 0.102. The van der Waals surface area contributed by atoms with Gasteiger partial charge in [0.15, 0.2) is 0 Å². The number of carbonyl (C=O) groups excluding carboxylic acids is 2. The Morgan fingerprint density at radius 2 is 2.00 bits per heavy atom. The summed E-state index contributed by atoms with van der Waals surface area (Å²) in [6.45, 7) is 2.65. The van der Waals surface area contributed by atoms with E-state index in [1.165, 1.54) is 17.0 Å². The molecule has 0 radical (unpaired) electrons. The number of anilines is 2. The number of aromatic amines is 1. The Morgan fingerprint density at radius 1 is 1.23 bits per heavy atom. The van der Waals surface area contributed by atoms with Gasteiger partial charge in [-0.25, -0.2) is 9.18 Å². The summed E-state index contributed by atoms with van der Waals surface area (Å²) in [6.07, 6.45) is -0.377. The number of H-pyrrole nitrogens is 1. The van der Waals surface area contributed by atoms with Gasteiger partial charge in [-0.1, -0.05) is 0 Å². The predicted molar refractivity (Wildman–Crippen MR) is 96.1 cm³/mol. The van der Waals surface area contributed by atoms with Gasteiger partial charge >= 0.3 is 6.09 Å². The molecule has 6 nitrogen and oxygen atoms in total. The lowest BCUT2D eigenvalue weighted by Crippen LogP contribution is -2.23. The highest BCUT2D eigenvalue weighted by molar-refractivity contribution is 6.14. The van der Waals surface area contributed by atoms with Crippen LogP contribution in [0, 0.1) is 12.7 Å². The van der Waals surface area contributed by atoms with Crippen LogP contribution >= 0.6 is 0 Å². The van der Waals surface area contributed by atoms with E-state index in [0.29, 0.717) is 46.7 Å². The molecule has 2 heterocycles. The second-order valence-corrected chi connectivity index (χ2v) is 6.08. The summed E-state index contributed by atoms with van der Waals surface area (Å²) >= 11 is 0. The van der Waals surface area contributed by atoms with Crippen LogP contribution in [0.3, 0.4) is 0 Å². The fourth-order valence-corrected chi connectivity index (χ4v) is 3.14. The molecule has 0 aliphatic carbocycles. The summed E-state index contributed by atoms with van der Waals surface area (Å²) in [5.74, 6) is -0.722. The third-order valence-corrected chi connectivity index (χ3v) is 4.37. The molecule has 0 unspecified atom stereocenters. The van der Waals surface area contributed by atoms with Crippen molar-refractivity contribution in [2.75, 3.05) is 23.4 Å². The van der Waals surface area contributed by atoms with Crippen molar-refractivity contribution in [3.05, 3.63) is 59.5 Å². The molecule has 1 aliphatic rings. The second-order valence-electron chi connectivity index (χ2n) is 6.08. The van der Waals surface area contributed by atoms with Crippen LogP contribution in [-0.2, 0) is 4.74 Å². The number of rotatable bonds is 3. The summed E-state index contributed by atoms with van der Waals surface area (Å²) < 4.78 is 18.5. The number of halogens is 1. The molecule has 1 saturated heterocycles. The predicted octanol–water partition coefficient (Wildman–Crippen LogP) is 3.82. The summed E-state index contributed by atoms with van der Waals surface area (Å²) in [5, 5.41) is 3.35. The van der Waals surface area contributed by atoms with E-state index in [-0.39, 0.29) is 12.0 Å². The van der Waals surface area contributed by atoms with Crippen LogP contribution in [0.1, 0.15) is 16.1 Å². The number of nitrogens with zero attached hydrogens (tertiary/aromatic N) is 1. The Balaban J connectivity index is 1.58. The van der Waals surface area contributed by atoms with Gasteiger partial charge in [0.05, 0.1) is 12.1 Å². The number of hydrogen-bond acceptors (Lipinski definition) is 3. The number of benzene rings is 2. The van der Waals surface area contributed by atoms with Crippen molar-refractivity contribution in [2.45, 2.75) is 6.92 Å². The maximum Gasteiger partial charge on any atom is 0.414 e. The van der Waals surface area contributed by atoms with E-state index in [9.17, 15) is 14.0 Å². The topological polar surface area (TPSA) is 74.4 Å². The average Bonchev–Trinajstić information content (AvgIpc) is 3.17. The van der Waals surface area contributed by atoms with Gasteiger partial charge in [0, 0.05) is 28.0 Å². The largest absolute Gasteiger partial charge is 0.447 e. The number of hydrogen-bond donors (Lipinski definition) is 2. The summed E-state index contributed by atoms with van der Waals surface area (Å²) in [4.78, 5) is 28.9. The van der Waals surface area contributed by atoms with Crippen LogP contribution in [-0.4, -0.2) is 30.1 Å². The first-order valence-electron chi connectivity index (χ1n) is 8.16. The maximum absolute atomic E-state index is 13.6. The van der Waals surface area contributed by atoms with E-state index in [2.05, 4.69) is 10.3 Å². The van der Waals surface area contributed by atoms with E-state index in [0.717, 1.165) is 0 Å². The fraction of sp³-hybridized carbons (Fsp3) is 0.158. The van der Waals surface area contributed by atoms with Crippen molar-refractivity contribution >= 4 is 34.3 Å². The van der Waals surface area contributed by atoms with E-state index in [1.54, 1.807) is 37.3 Å². The molecular weight excluding hydrogens is 337 g/mol. The van der Waals surface area contributed by atoms with Gasteiger partial charge in [-0.15, -0.1) is 0 Å². The molecule has 3 aromatic rings. The molecule has 132 valence electrons. The number of ether oxygens (including phenoxy) is 1. The molecule has 2 aromatic carbocycles. The number of nitrogens with one attached hydrogen (secondary N) is 2. The number of aryl methyl sites for hydroxylation is 1. The highest BCUT2D eigenvalue weighted by Gasteiger charge is 2.23. The van der Waals surface area contributed by atoms with Gasteiger partial charge in [0.1, 0.15) is 12.4 Å². The smallest absolute Gasteiger partial charge is 0.414 e. The molecule has 1 aliphatic heterocycles. The monoisotopic (exact) mass is 353 g/mol. The molecule has 1 aromatic heterocycles. The minimum atomic E-state index is -0.396. The van der Waals surface area contributed by atoms with Gasteiger partial charge in [-0.05, 0) is 49.4 Å². The zero-order chi connectivity index (χ0) is 18.3. The maximum atomic E-state index is 13.6. The van der Waals surface area contributed by atoms with E-state index in [1.807, 2.05) is 0 Å². The van der Waals surface area contributed by atoms with Crippen molar-refractivity contribution in [3.8, 4) is 0 Å². The molecule has 0 atom stereocenters. The molecule has 0 saturated carbocycles. The third kappa shape index (κ3) is 2.77. The molecular formula is C19H16FN3O3. The number of cyclic esters (lactones) is 1. The Bertz CT molecular complexity index is 1010. The van der Waals surface area contributed by atoms with Gasteiger partial charge in [-0.2, -0.15) is 0 Å². The lowest BCUT2D eigenvalue weighted by Gasteiger charge is -2.13. The summed E-state index contributed by atoms with van der Waals surface area (Å²) in [6, 6.07) is 11.2. The Kier molecular flexibility index (Phi) is 3.84. The van der Waals surface area contributed by atoms with Crippen LogP contribution in [0.25, 0.3) is 10.9 Å². The third-order valence-electron chi connectivity index (χ3n) is 4.37. The van der Waals surface area contributed by atoms with Crippen molar-refractivity contribution in [1.82, 2.24) is 4.98 Å². The van der Waals surface area contributed by atoms with Crippen LogP contribution < -0.4 is 10.2 Å². The number of carbonyl (C=O) groups is 2. The van der Waals surface area contributed by atoms with Gasteiger partial charge in [0.25, 0.3) is 5.91 Å². The molecule has 0 bridgehead atoms. The standard InChI is InChI=1S/C19H16FN3O3/c1-11-17(15-10-12(20)2-7-16(15)21-11)18(24)22-13-3-5-14(6-4-13)23-8-9-26-19(23)25/h2-7,10,21H,8-9H2,1H3,(H,22,24). The quantitative estimate of drug-likeness (QED) is 0.752. The Morgan fingerprint density at radius 3 is 2.69 bits per heavy atom. The van der Waals surface area contributed by atoms with E-state index < -0.39 is 5.82 Å². The minimum Gasteiger partial charge on any atom is -0.447 e. The zero-order valence-electron chi connectivity index (χ0n) is 14.0. The Labute approximate surface area is 148 Å². The number of amides is 2. The van der Waals surface area contributed by atoms with Gasteiger partial charge in [-0.3, -0.25) is 9.69 Å². The number of aromatic nitrogens is 1. The van der Waals surface area contributed by atoms with Crippen LogP contribution in [0.5, 0.6) is 0 Å². The van der Waals surface area contributed by atoms with Crippen LogP contribution in [0.15, 0.2) is 42.5 Å². The molecule has 26 heavy (non-hydrogen) atoms. The van der Waals surface area contributed by atoms with E-state index >= 15 is 0 Å². The second kappa shape index (κ2) is 6.18. The van der Waals surface area contributed by atoms with Crippen molar-refractivity contribution < 1.29 is 18.7 Å². The van der Waals surface area contributed by atoms with Crippen LogP contribution in [0.2, 0.25) is 0 Å². The SMILES string of the molecule is Cc1[nH]c2ccc(F)cc2c1C(=O)Nc1ccc(N2CCOC2=O)cc1. The normalized spacial score (nSPS) is 13.9. The molecule has 2 amide bonds. The van der Waals surface area contributed by atoms with Crippen molar-refractivity contribution in [2.24, 2.45) is 0 Å². The summed E-state index contributed by atoms with van der Waals surface area (Å²) in [7, 11) is 0. The van der Waals surface area contributed by atoms with Crippen molar-refractivity contribution in [3.63, 3.8) is 0 Å². The fourth-order valence-electron chi connectivity index (χ4n) is 3.14. The van der Waals surface area contributed by atoms with Crippen molar-refractivity contribution in [1.29, 1.82) is 0 Å². The number of fused-ring (bicyclic) bond motifs is 1. The first kappa shape index (κ1) is 16.1. The zero-order valence-corrected chi connectivity index (χ0v) is 14.0. The Hall–Kier alpha value is -3.35. The molecule has 1 fully saturated rings. The first-order valence-corrected chi connectivity index (χ1v) is 8.16. The highest BCUT2D eigenvalue weighted by atomic mass is 19.1. The van der Waals surface area contributed by atoms with Gasteiger partial charge < -0.3 is 15.0 Å². The lowest BCUT2D eigenvalue weighted by atomic mass is 10.1. The molecule has 7 heteroatoms. The molecule has 0 spiro atoms.